The molecule has 0 spiro atoms. The Morgan fingerprint density at radius 2 is 1.70 bits per heavy atom. The Bertz CT molecular complexity index is 968. The van der Waals surface area contributed by atoms with E-state index in [2.05, 4.69) is 22.3 Å². The van der Waals surface area contributed by atoms with Gasteiger partial charge >= 0.3 is 0 Å². The fourth-order valence-electron chi connectivity index (χ4n) is 4.87. The van der Waals surface area contributed by atoms with Crippen LogP contribution in [0.3, 0.4) is 0 Å². The lowest BCUT2D eigenvalue weighted by atomic mass is 9.92. The van der Waals surface area contributed by atoms with E-state index in [-0.39, 0.29) is 29.6 Å². The van der Waals surface area contributed by atoms with Gasteiger partial charge in [0.25, 0.3) is 0 Å². The van der Waals surface area contributed by atoms with Crippen LogP contribution in [0.2, 0.25) is 0 Å². The van der Waals surface area contributed by atoms with E-state index in [0.717, 1.165) is 49.2 Å². The number of benzene rings is 2. The molecule has 0 aliphatic carbocycles. The first-order valence-corrected chi connectivity index (χ1v) is 12.0. The van der Waals surface area contributed by atoms with Crippen molar-refractivity contribution in [2.45, 2.75) is 64.7 Å². The molecule has 33 heavy (non-hydrogen) atoms. The maximum absolute atomic E-state index is 13.3. The van der Waals surface area contributed by atoms with E-state index in [1.54, 1.807) is 4.90 Å². The summed E-state index contributed by atoms with van der Waals surface area (Å²) in [5.41, 5.74) is 3.38. The number of likely N-dealkylation sites (tertiary alicyclic amines) is 1. The predicted octanol–water partition coefficient (Wildman–Crippen LogP) is 3.91. The molecular weight excluding hydrogens is 417 g/mol. The molecule has 0 aromatic heterocycles. The lowest BCUT2D eigenvalue weighted by Gasteiger charge is -2.38. The molecule has 6 heteroatoms. The Morgan fingerprint density at radius 1 is 1.03 bits per heavy atom. The van der Waals surface area contributed by atoms with Gasteiger partial charge in [0.2, 0.25) is 11.8 Å². The van der Waals surface area contributed by atoms with Crippen LogP contribution in [0.4, 0.5) is 4.39 Å². The van der Waals surface area contributed by atoms with Gasteiger partial charge in [-0.15, -0.1) is 0 Å². The zero-order valence-electron chi connectivity index (χ0n) is 19.6. The van der Waals surface area contributed by atoms with Crippen LogP contribution in [0.25, 0.3) is 0 Å². The molecule has 1 atom stereocenters. The normalized spacial score (nSPS) is 19.4. The quantitative estimate of drug-likeness (QED) is 0.725. The average molecular weight is 452 g/mol. The summed E-state index contributed by atoms with van der Waals surface area (Å²) in [6, 6.07) is 14.4. The second-order valence-electron chi connectivity index (χ2n) is 9.79. The number of amides is 2. The van der Waals surface area contributed by atoms with E-state index < -0.39 is 6.04 Å². The van der Waals surface area contributed by atoms with Crippen molar-refractivity contribution in [3.8, 4) is 0 Å². The molecule has 0 radical (unpaired) electrons. The van der Waals surface area contributed by atoms with Crippen LogP contribution in [-0.2, 0) is 29.1 Å². The molecule has 1 unspecified atom stereocenters. The first-order valence-electron chi connectivity index (χ1n) is 12.0. The summed E-state index contributed by atoms with van der Waals surface area (Å²) >= 11 is 0. The highest BCUT2D eigenvalue weighted by Gasteiger charge is 2.35. The van der Waals surface area contributed by atoms with Crippen LogP contribution in [-0.4, -0.2) is 46.8 Å². The molecule has 1 fully saturated rings. The van der Waals surface area contributed by atoms with E-state index in [0.29, 0.717) is 19.4 Å². The first-order chi connectivity index (χ1) is 15.9. The van der Waals surface area contributed by atoms with E-state index in [1.807, 2.05) is 38.1 Å². The van der Waals surface area contributed by atoms with Gasteiger partial charge in [-0.3, -0.25) is 14.5 Å². The van der Waals surface area contributed by atoms with Crippen molar-refractivity contribution in [3.05, 3.63) is 71.0 Å². The minimum Gasteiger partial charge on any atom is -0.351 e. The zero-order chi connectivity index (χ0) is 23.4. The summed E-state index contributed by atoms with van der Waals surface area (Å²) < 4.78 is 13.1. The largest absolute Gasteiger partial charge is 0.351 e. The molecular formula is C27H34FN3O2. The van der Waals surface area contributed by atoms with Crippen molar-refractivity contribution < 1.29 is 14.0 Å². The fraction of sp³-hybridized carbons (Fsp3) is 0.481. The Kier molecular flexibility index (Phi) is 7.43. The number of hydrogen-bond donors (Lipinski definition) is 1. The number of piperidine rings is 1. The standard InChI is InChI=1S/C27H34FN3O2/c1-19(2)15-26(32)31-18-22-6-4-3-5-21(22)16-25(31)27(33)29-24-11-13-30(14-12-24)17-20-7-9-23(28)10-8-20/h3-10,19,24-25H,11-18H2,1-2H3,(H,29,33). The summed E-state index contributed by atoms with van der Waals surface area (Å²) in [7, 11) is 0. The highest BCUT2D eigenvalue weighted by molar-refractivity contribution is 5.88. The van der Waals surface area contributed by atoms with Gasteiger partial charge in [-0.05, 0) is 47.6 Å². The van der Waals surface area contributed by atoms with Crippen LogP contribution < -0.4 is 5.32 Å². The molecule has 1 saturated heterocycles. The smallest absolute Gasteiger partial charge is 0.243 e. The van der Waals surface area contributed by atoms with E-state index in [1.165, 1.54) is 12.1 Å². The third kappa shape index (κ3) is 5.99. The summed E-state index contributed by atoms with van der Waals surface area (Å²) in [6.45, 7) is 7.11. The molecule has 0 saturated carbocycles. The van der Waals surface area contributed by atoms with Crippen molar-refractivity contribution in [2.24, 2.45) is 5.92 Å². The molecule has 2 aromatic carbocycles. The SMILES string of the molecule is CC(C)CC(=O)N1Cc2ccccc2CC1C(=O)NC1CCN(Cc2ccc(F)cc2)CC1. The van der Waals surface area contributed by atoms with Crippen molar-refractivity contribution in [1.82, 2.24) is 15.1 Å². The molecule has 0 bridgehead atoms. The number of carbonyl (C=O) groups is 2. The van der Waals surface area contributed by atoms with Crippen LogP contribution in [0.15, 0.2) is 48.5 Å². The Balaban J connectivity index is 1.36. The van der Waals surface area contributed by atoms with Crippen molar-refractivity contribution in [2.75, 3.05) is 13.1 Å². The van der Waals surface area contributed by atoms with E-state index in [9.17, 15) is 14.0 Å². The van der Waals surface area contributed by atoms with E-state index >= 15 is 0 Å². The summed E-state index contributed by atoms with van der Waals surface area (Å²) in [5.74, 6) is 0.0441. The van der Waals surface area contributed by atoms with Gasteiger partial charge in [0.15, 0.2) is 0 Å². The summed E-state index contributed by atoms with van der Waals surface area (Å²) in [5, 5.41) is 3.24. The lowest BCUT2D eigenvalue weighted by molar-refractivity contribution is -0.142. The molecule has 4 rings (SSSR count). The van der Waals surface area contributed by atoms with Gasteiger partial charge in [-0.25, -0.2) is 4.39 Å². The van der Waals surface area contributed by atoms with Crippen LogP contribution in [0.1, 0.15) is 49.8 Å². The van der Waals surface area contributed by atoms with Gasteiger partial charge in [0.05, 0.1) is 0 Å². The van der Waals surface area contributed by atoms with Gasteiger partial charge in [-0.1, -0.05) is 50.2 Å². The Morgan fingerprint density at radius 3 is 2.36 bits per heavy atom. The first kappa shape index (κ1) is 23.4. The lowest BCUT2D eigenvalue weighted by Crippen LogP contribution is -2.55. The Hall–Kier alpha value is -2.73. The van der Waals surface area contributed by atoms with Crippen molar-refractivity contribution in [1.29, 1.82) is 0 Å². The van der Waals surface area contributed by atoms with Crippen molar-refractivity contribution in [3.63, 3.8) is 0 Å². The number of rotatable bonds is 6. The molecule has 2 aromatic rings. The maximum Gasteiger partial charge on any atom is 0.243 e. The molecule has 2 aliphatic rings. The van der Waals surface area contributed by atoms with Gasteiger partial charge in [0, 0.05) is 45.1 Å². The highest BCUT2D eigenvalue weighted by Crippen LogP contribution is 2.25. The minimum atomic E-state index is -0.455. The number of nitrogens with one attached hydrogen (secondary N) is 1. The minimum absolute atomic E-state index is 0.0430. The van der Waals surface area contributed by atoms with Gasteiger partial charge in [-0.2, -0.15) is 0 Å². The molecule has 2 amide bonds. The van der Waals surface area contributed by atoms with Crippen molar-refractivity contribution >= 4 is 11.8 Å². The predicted molar refractivity (Wildman–Crippen MR) is 127 cm³/mol. The van der Waals surface area contributed by atoms with Crippen LogP contribution in [0, 0.1) is 11.7 Å². The average Bonchev–Trinajstić information content (AvgIpc) is 2.80. The third-order valence-electron chi connectivity index (χ3n) is 6.71. The van der Waals surface area contributed by atoms with Gasteiger partial charge in [0.1, 0.15) is 11.9 Å². The third-order valence-corrected chi connectivity index (χ3v) is 6.71. The number of carbonyl (C=O) groups excluding carboxylic acids is 2. The summed E-state index contributed by atoms with van der Waals surface area (Å²) in [4.78, 5) is 30.4. The second kappa shape index (κ2) is 10.5. The maximum atomic E-state index is 13.3. The molecule has 2 heterocycles. The number of nitrogens with zero attached hydrogens (tertiary/aromatic N) is 2. The molecule has 176 valence electrons. The monoisotopic (exact) mass is 451 g/mol. The Labute approximate surface area is 196 Å². The number of fused-ring (bicyclic) bond motifs is 1. The van der Waals surface area contributed by atoms with E-state index in [4.69, 9.17) is 0 Å². The summed E-state index contributed by atoms with van der Waals surface area (Å²) in [6.07, 6.45) is 2.76. The van der Waals surface area contributed by atoms with Gasteiger partial charge < -0.3 is 10.2 Å². The molecule has 2 aliphatic heterocycles. The molecule has 1 N–H and O–H groups in total. The fourth-order valence-corrected chi connectivity index (χ4v) is 4.87. The topological polar surface area (TPSA) is 52.7 Å². The highest BCUT2D eigenvalue weighted by atomic mass is 19.1. The second-order valence-corrected chi connectivity index (χ2v) is 9.79. The van der Waals surface area contributed by atoms with Crippen LogP contribution in [0.5, 0.6) is 0 Å². The van der Waals surface area contributed by atoms with Crippen LogP contribution >= 0.6 is 0 Å². The zero-order valence-corrected chi connectivity index (χ0v) is 19.6. The number of hydrogen-bond acceptors (Lipinski definition) is 3. The molecule has 5 nitrogen and oxygen atoms in total. The number of halogens is 1.